The quantitative estimate of drug-likeness (QED) is 0.547. The van der Waals surface area contributed by atoms with Gasteiger partial charge >= 0.3 is 5.97 Å². The first-order valence-corrected chi connectivity index (χ1v) is 9.19. The van der Waals surface area contributed by atoms with Crippen LogP contribution in [-0.4, -0.2) is 17.0 Å². The van der Waals surface area contributed by atoms with Crippen molar-refractivity contribution in [2.75, 3.05) is 5.32 Å². The highest BCUT2D eigenvalue weighted by Gasteiger charge is 2.14. The van der Waals surface area contributed by atoms with Crippen molar-refractivity contribution in [2.45, 2.75) is 19.3 Å². The Balaban J connectivity index is 1.80. The second-order valence-electron chi connectivity index (χ2n) is 6.20. The van der Waals surface area contributed by atoms with Crippen molar-refractivity contribution in [1.29, 1.82) is 0 Å². The van der Waals surface area contributed by atoms with Gasteiger partial charge in [0.15, 0.2) is 0 Å². The third kappa shape index (κ3) is 4.79. The highest BCUT2D eigenvalue weighted by Crippen LogP contribution is 2.35. The van der Waals surface area contributed by atoms with Crippen LogP contribution in [0.1, 0.15) is 28.8 Å². The van der Waals surface area contributed by atoms with Gasteiger partial charge in [0.2, 0.25) is 5.91 Å². The first-order valence-electron chi connectivity index (χ1n) is 8.44. The molecule has 3 aromatic carbocycles. The number of aromatic carboxylic acids is 1. The predicted molar refractivity (Wildman–Crippen MR) is 109 cm³/mol. The average Bonchev–Trinajstić information content (AvgIpc) is 2.61. The predicted octanol–water partition coefficient (Wildman–Crippen LogP) is 5.81. The van der Waals surface area contributed by atoms with E-state index in [1.54, 1.807) is 12.1 Å². The highest BCUT2D eigenvalue weighted by atomic mass is 35.5. The second kappa shape index (κ2) is 8.42. The van der Waals surface area contributed by atoms with Gasteiger partial charge in [-0.15, -0.1) is 0 Å². The number of hydrogen-bond donors (Lipinski definition) is 2. The summed E-state index contributed by atoms with van der Waals surface area (Å²) in [4.78, 5) is 23.8. The van der Waals surface area contributed by atoms with Crippen LogP contribution in [0, 0.1) is 0 Å². The van der Waals surface area contributed by atoms with Crippen molar-refractivity contribution in [3.8, 4) is 0 Å². The molecule has 3 rings (SSSR count). The standard InChI is InChI=1S/C21H17Cl2NO3/c22-16-10-14-9-15(21(26)27)11-18(20(14)17(23)12-16)24-19(25)8-4-7-13-5-2-1-3-6-13/h1-3,5-6,9-12H,4,7-8H2,(H,24,25)(H,26,27). The summed E-state index contributed by atoms with van der Waals surface area (Å²) in [5.41, 5.74) is 1.60. The fourth-order valence-corrected chi connectivity index (χ4v) is 3.57. The molecule has 0 heterocycles. The Bertz CT molecular complexity index is 1000. The van der Waals surface area contributed by atoms with Gasteiger partial charge in [-0.05, 0) is 48.1 Å². The molecule has 0 unspecified atom stereocenters. The summed E-state index contributed by atoms with van der Waals surface area (Å²) in [5.74, 6) is -1.28. The van der Waals surface area contributed by atoms with Gasteiger partial charge in [-0.25, -0.2) is 4.79 Å². The van der Waals surface area contributed by atoms with E-state index in [0.29, 0.717) is 39.3 Å². The van der Waals surface area contributed by atoms with Crippen LogP contribution in [0.5, 0.6) is 0 Å². The molecule has 0 aliphatic rings. The monoisotopic (exact) mass is 401 g/mol. The number of fused-ring (bicyclic) bond motifs is 1. The number of carbonyl (C=O) groups excluding carboxylic acids is 1. The fraction of sp³-hybridized carbons (Fsp3) is 0.143. The molecule has 0 aliphatic carbocycles. The number of carboxylic acids is 1. The van der Waals surface area contributed by atoms with Crippen molar-refractivity contribution in [1.82, 2.24) is 0 Å². The number of carbonyl (C=O) groups is 2. The number of benzene rings is 3. The van der Waals surface area contributed by atoms with E-state index in [9.17, 15) is 14.7 Å². The molecule has 4 nitrogen and oxygen atoms in total. The molecule has 0 saturated heterocycles. The van der Waals surface area contributed by atoms with Crippen molar-refractivity contribution < 1.29 is 14.7 Å². The first-order chi connectivity index (χ1) is 12.9. The summed E-state index contributed by atoms with van der Waals surface area (Å²) in [5, 5.41) is 14.0. The molecule has 0 fully saturated rings. The molecular weight excluding hydrogens is 385 g/mol. The second-order valence-corrected chi connectivity index (χ2v) is 7.05. The van der Waals surface area contributed by atoms with Gasteiger partial charge in [0.05, 0.1) is 16.3 Å². The number of rotatable bonds is 6. The Hall–Kier alpha value is -2.56. The lowest BCUT2D eigenvalue weighted by molar-refractivity contribution is -0.116. The lowest BCUT2D eigenvalue weighted by Gasteiger charge is -2.12. The maximum absolute atomic E-state index is 12.4. The van der Waals surface area contributed by atoms with Gasteiger partial charge in [-0.3, -0.25) is 4.79 Å². The van der Waals surface area contributed by atoms with Crippen molar-refractivity contribution in [3.63, 3.8) is 0 Å². The van der Waals surface area contributed by atoms with Gasteiger partial charge < -0.3 is 10.4 Å². The fourth-order valence-electron chi connectivity index (χ4n) is 2.96. The topological polar surface area (TPSA) is 66.4 Å². The number of amides is 1. The molecule has 2 N–H and O–H groups in total. The SMILES string of the molecule is O=C(CCCc1ccccc1)Nc1cc(C(=O)O)cc2cc(Cl)cc(Cl)c12. The molecule has 138 valence electrons. The average molecular weight is 402 g/mol. The lowest BCUT2D eigenvalue weighted by Crippen LogP contribution is -2.13. The molecule has 0 atom stereocenters. The minimum Gasteiger partial charge on any atom is -0.478 e. The van der Waals surface area contributed by atoms with Crippen molar-refractivity contribution >= 4 is 51.5 Å². The molecule has 0 radical (unpaired) electrons. The molecule has 0 aliphatic heterocycles. The number of anilines is 1. The molecule has 0 spiro atoms. The maximum atomic E-state index is 12.4. The number of nitrogens with one attached hydrogen (secondary N) is 1. The molecule has 6 heteroatoms. The summed E-state index contributed by atoms with van der Waals surface area (Å²) >= 11 is 12.3. The van der Waals surface area contributed by atoms with E-state index in [4.69, 9.17) is 23.2 Å². The third-order valence-corrected chi connectivity index (χ3v) is 4.72. The van der Waals surface area contributed by atoms with Gasteiger partial charge in [0.1, 0.15) is 0 Å². The van der Waals surface area contributed by atoms with E-state index >= 15 is 0 Å². The van der Waals surface area contributed by atoms with Crippen LogP contribution in [0.15, 0.2) is 54.6 Å². The van der Waals surface area contributed by atoms with E-state index < -0.39 is 5.97 Å². The number of carboxylic acid groups (broad SMARTS) is 1. The number of hydrogen-bond acceptors (Lipinski definition) is 2. The molecule has 3 aromatic rings. The number of halogens is 2. The number of aryl methyl sites for hydroxylation is 1. The van der Waals surface area contributed by atoms with Gasteiger partial charge in [-0.1, -0.05) is 53.5 Å². The van der Waals surface area contributed by atoms with E-state index in [2.05, 4.69) is 5.32 Å². The van der Waals surface area contributed by atoms with Crippen LogP contribution in [0.3, 0.4) is 0 Å². The van der Waals surface area contributed by atoms with E-state index in [-0.39, 0.29) is 11.5 Å². The normalized spacial score (nSPS) is 10.7. The maximum Gasteiger partial charge on any atom is 0.335 e. The lowest BCUT2D eigenvalue weighted by atomic mass is 10.0. The van der Waals surface area contributed by atoms with Crippen LogP contribution in [0.25, 0.3) is 10.8 Å². The molecule has 0 bridgehead atoms. The molecule has 27 heavy (non-hydrogen) atoms. The smallest absolute Gasteiger partial charge is 0.335 e. The van der Waals surface area contributed by atoms with E-state index in [1.165, 1.54) is 17.7 Å². The zero-order chi connectivity index (χ0) is 19.4. The molecular formula is C21H17Cl2NO3. The Morgan fingerprint density at radius 1 is 1.00 bits per heavy atom. The Kier molecular flexibility index (Phi) is 5.99. The largest absolute Gasteiger partial charge is 0.478 e. The molecule has 0 saturated carbocycles. The summed E-state index contributed by atoms with van der Waals surface area (Å²) in [7, 11) is 0. The summed E-state index contributed by atoms with van der Waals surface area (Å²) in [6.07, 6.45) is 1.80. The Morgan fingerprint density at radius 2 is 1.74 bits per heavy atom. The van der Waals surface area contributed by atoms with Gasteiger partial charge in [0.25, 0.3) is 0 Å². The van der Waals surface area contributed by atoms with Crippen LogP contribution < -0.4 is 5.32 Å². The van der Waals surface area contributed by atoms with E-state index in [1.807, 2.05) is 30.3 Å². The Morgan fingerprint density at radius 3 is 2.44 bits per heavy atom. The van der Waals surface area contributed by atoms with Crippen LogP contribution in [0.2, 0.25) is 10.0 Å². The van der Waals surface area contributed by atoms with Crippen LogP contribution in [-0.2, 0) is 11.2 Å². The van der Waals surface area contributed by atoms with Gasteiger partial charge in [0, 0.05) is 16.8 Å². The van der Waals surface area contributed by atoms with Gasteiger partial charge in [-0.2, -0.15) is 0 Å². The van der Waals surface area contributed by atoms with Crippen LogP contribution in [0.4, 0.5) is 5.69 Å². The third-order valence-electron chi connectivity index (χ3n) is 4.20. The van der Waals surface area contributed by atoms with Crippen molar-refractivity contribution in [2.24, 2.45) is 0 Å². The zero-order valence-corrected chi connectivity index (χ0v) is 15.8. The van der Waals surface area contributed by atoms with Crippen LogP contribution >= 0.6 is 23.2 Å². The van der Waals surface area contributed by atoms with Crippen molar-refractivity contribution in [3.05, 3.63) is 75.8 Å². The highest BCUT2D eigenvalue weighted by molar-refractivity contribution is 6.40. The minimum atomic E-state index is -1.09. The summed E-state index contributed by atoms with van der Waals surface area (Å²) < 4.78 is 0. The molecule has 0 aromatic heterocycles. The Labute approximate surface area is 166 Å². The zero-order valence-electron chi connectivity index (χ0n) is 14.3. The summed E-state index contributed by atoms with van der Waals surface area (Å²) in [6.45, 7) is 0. The first kappa shape index (κ1) is 19.2. The molecule has 1 amide bonds. The van der Waals surface area contributed by atoms with E-state index in [0.717, 1.165) is 6.42 Å². The summed E-state index contributed by atoms with van der Waals surface area (Å²) in [6, 6.07) is 16.0. The minimum absolute atomic E-state index is 0.0559.